The fraction of sp³-hybridized carbons (Fsp3) is 0.516. The lowest BCUT2D eigenvalue weighted by Crippen LogP contribution is -2.60. The molecular weight excluding hydrogens is 494 g/mol. The van der Waals surface area contributed by atoms with Crippen molar-refractivity contribution in [3.63, 3.8) is 0 Å². The molecule has 0 saturated heterocycles. The first-order valence-electron chi connectivity index (χ1n) is 13.4. The monoisotopic (exact) mass is 539 g/mol. The second-order valence-electron chi connectivity index (χ2n) is 12.5. The highest BCUT2D eigenvalue weighted by molar-refractivity contribution is 5.93. The average molecular weight is 540 g/mol. The van der Waals surface area contributed by atoms with Gasteiger partial charge in [0.1, 0.15) is 23.4 Å². The number of carbonyl (C=O) groups is 3. The number of rotatable bonds is 9. The van der Waals surface area contributed by atoms with Crippen LogP contribution in [0, 0.1) is 0 Å². The Hall–Kier alpha value is -3.55. The second-order valence-corrected chi connectivity index (χ2v) is 12.5. The predicted molar refractivity (Wildman–Crippen MR) is 153 cm³/mol. The van der Waals surface area contributed by atoms with Gasteiger partial charge in [-0.15, -0.1) is 0 Å². The fourth-order valence-corrected chi connectivity index (χ4v) is 4.12. The van der Waals surface area contributed by atoms with Gasteiger partial charge in [-0.1, -0.05) is 49.4 Å². The first-order valence-corrected chi connectivity index (χ1v) is 13.4. The minimum Gasteiger partial charge on any atom is -0.508 e. The minimum atomic E-state index is -1.04. The van der Waals surface area contributed by atoms with Crippen LogP contribution in [-0.2, 0) is 20.7 Å². The van der Waals surface area contributed by atoms with Crippen LogP contribution >= 0.6 is 0 Å². The molecule has 0 aliphatic heterocycles. The van der Waals surface area contributed by atoms with E-state index in [1.165, 1.54) is 12.1 Å². The van der Waals surface area contributed by atoms with Crippen LogP contribution in [0.1, 0.15) is 85.9 Å². The van der Waals surface area contributed by atoms with Gasteiger partial charge in [0.2, 0.25) is 11.8 Å². The van der Waals surface area contributed by atoms with Crippen molar-refractivity contribution in [3.05, 3.63) is 65.7 Å². The Kier molecular flexibility index (Phi) is 10.2. The van der Waals surface area contributed by atoms with E-state index < -0.39 is 40.8 Å². The maximum Gasteiger partial charge on any atom is 0.408 e. The highest BCUT2D eigenvalue weighted by atomic mass is 16.6. The Bertz CT molecular complexity index is 1120. The van der Waals surface area contributed by atoms with Gasteiger partial charge in [0.05, 0.1) is 0 Å². The molecule has 0 fully saturated rings. The summed E-state index contributed by atoms with van der Waals surface area (Å²) in [6.07, 6.45) is -0.0374. The summed E-state index contributed by atoms with van der Waals surface area (Å²) in [6.45, 7) is 16.7. The zero-order valence-electron chi connectivity index (χ0n) is 24.8. The van der Waals surface area contributed by atoms with Crippen LogP contribution in [0.3, 0.4) is 0 Å². The van der Waals surface area contributed by atoms with Gasteiger partial charge >= 0.3 is 6.09 Å². The molecule has 0 aliphatic carbocycles. The molecule has 2 aromatic carbocycles. The van der Waals surface area contributed by atoms with Crippen molar-refractivity contribution in [1.29, 1.82) is 0 Å². The third-order valence-electron chi connectivity index (χ3n) is 6.24. The molecule has 39 heavy (non-hydrogen) atoms. The topological polar surface area (TPSA) is 108 Å². The van der Waals surface area contributed by atoms with E-state index in [2.05, 4.69) is 10.6 Å². The zero-order chi connectivity index (χ0) is 29.6. The summed E-state index contributed by atoms with van der Waals surface area (Å²) in [5, 5.41) is 15.5. The summed E-state index contributed by atoms with van der Waals surface area (Å²) < 4.78 is 5.49. The van der Waals surface area contributed by atoms with Gasteiger partial charge in [0.25, 0.3) is 0 Å². The number of benzene rings is 2. The Morgan fingerprint density at radius 2 is 1.46 bits per heavy atom. The molecule has 214 valence electrons. The summed E-state index contributed by atoms with van der Waals surface area (Å²) in [4.78, 5) is 42.9. The lowest BCUT2D eigenvalue weighted by molar-refractivity contribution is -0.149. The van der Waals surface area contributed by atoms with Crippen molar-refractivity contribution in [2.75, 3.05) is 0 Å². The molecule has 3 N–H and O–H groups in total. The molecule has 0 saturated carbocycles. The van der Waals surface area contributed by atoms with Crippen LogP contribution in [0.25, 0.3) is 0 Å². The number of nitrogens with zero attached hydrogens (tertiary/aromatic N) is 1. The summed E-state index contributed by atoms with van der Waals surface area (Å²) in [5.74, 6) is -0.638. The van der Waals surface area contributed by atoms with Crippen molar-refractivity contribution < 1.29 is 24.2 Å². The summed E-state index contributed by atoms with van der Waals surface area (Å²) >= 11 is 0. The Balaban J connectivity index is 2.64. The van der Waals surface area contributed by atoms with Crippen molar-refractivity contribution in [1.82, 2.24) is 15.5 Å². The Labute approximate surface area is 233 Å². The summed E-state index contributed by atoms with van der Waals surface area (Å²) in [7, 11) is 0. The van der Waals surface area contributed by atoms with Crippen molar-refractivity contribution in [2.24, 2.45) is 0 Å². The van der Waals surface area contributed by atoms with Crippen LogP contribution in [-0.4, -0.2) is 50.6 Å². The van der Waals surface area contributed by atoms with Gasteiger partial charge in [0, 0.05) is 17.5 Å². The standard InChI is InChI=1S/C31H45N3O5/c1-10-31(8,9)34(25(22-14-12-11-13-15-22)26(36)33-29(2,3)4)27(37)24(32-28(38)39-30(5,6)7)20-21-16-18-23(35)19-17-21/h11-19,24-25,35H,10,20H2,1-9H3,(H,32,38)(H,33,36). The van der Waals surface area contributed by atoms with Crippen LogP contribution in [0.4, 0.5) is 4.79 Å². The first kappa shape index (κ1) is 31.7. The smallest absolute Gasteiger partial charge is 0.408 e. The molecule has 2 rings (SSSR count). The number of aromatic hydroxyl groups is 1. The van der Waals surface area contributed by atoms with Gasteiger partial charge in [-0.3, -0.25) is 9.59 Å². The van der Waals surface area contributed by atoms with Crippen LogP contribution in [0.2, 0.25) is 0 Å². The third-order valence-corrected chi connectivity index (χ3v) is 6.24. The molecule has 0 heterocycles. The summed E-state index contributed by atoms with van der Waals surface area (Å²) in [5.41, 5.74) is -0.662. The maximum atomic E-state index is 14.5. The molecule has 0 aliphatic rings. The molecule has 0 radical (unpaired) electrons. The highest BCUT2D eigenvalue weighted by Gasteiger charge is 2.43. The lowest BCUT2D eigenvalue weighted by atomic mass is 9.90. The van der Waals surface area contributed by atoms with Gasteiger partial charge in [-0.2, -0.15) is 0 Å². The Morgan fingerprint density at radius 1 is 0.897 bits per heavy atom. The SMILES string of the molecule is CCC(C)(C)N(C(=O)C(Cc1ccc(O)cc1)NC(=O)OC(C)(C)C)C(C(=O)NC(C)(C)C)c1ccccc1. The first-order chi connectivity index (χ1) is 17.9. The van der Waals surface area contributed by atoms with E-state index in [0.29, 0.717) is 12.0 Å². The number of ether oxygens (including phenoxy) is 1. The Morgan fingerprint density at radius 3 is 1.95 bits per heavy atom. The van der Waals surface area contributed by atoms with Gasteiger partial charge in [-0.25, -0.2) is 4.79 Å². The molecule has 8 heteroatoms. The number of hydrogen-bond donors (Lipinski definition) is 3. The average Bonchev–Trinajstić information content (AvgIpc) is 2.81. The lowest BCUT2D eigenvalue weighted by Gasteiger charge is -2.45. The van der Waals surface area contributed by atoms with Gasteiger partial charge in [-0.05, 0) is 85.1 Å². The molecule has 3 amide bonds. The number of alkyl carbamates (subject to hydrolysis) is 1. The van der Waals surface area contributed by atoms with Crippen LogP contribution in [0.5, 0.6) is 5.75 Å². The highest BCUT2D eigenvalue weighted by Crippen LogP contribution is 2.33. The number of carbonyl (C=O) groups excluding carboxylic acids is 3. The normalized spacial score (nSPS) is 13.7. The molecular formula is C31H45N3O5. The quantitative estimate of drug-likeness (QED) is 0.390. The van der Waals surface area contributed by atoms with Crippen LogP contribution in [0.15, 0.2) is 54.6 Å². The molecule has 0 bridgehead atoms. The zero-order valence-corrected chi connectivity index (χ0v) is 24.8. The van der Waals surface area contributed by atoms with E-state index in [9.17, 15) is 19.5 Å². The largest absolute Gasteiger partial charge is 0.508 e. The van der Waals surface area contributed by atoms with Gasteiger partial charge in [0.15, 0.2) is 0 Å². The van der Waals surface area contributed by atoms with E-state index in [-0.39, 0.29) is 18.1 Å². The second kappa shape index (κ2) is 12.5. The molecule has 0 spiro atoms. The number of hydrogen-bond acceptors (Lipinski definition) is 5. The molecule has 2 atom stereocenters. The van der Waals surface area contributed by atoms with E-state index in [0.717, 1.165) is 5.56 Å². The van der Waals surface area contributed by atoms with Crippen molar-refractivity contribution in [2.45, 2.75) is 104 Å². The van der Waals surface area contributed by atoms with E-state index >= 15 is 0 Å². The number of amides is 3. The van der Waals surface area contributed by atoms with Crippen molar-refractivity contribution in [3.8, 4) is 5.75 Å². The molecule has 2 aromatic rings. The number of nitrogens with one attached hydrogen (secondary N) is 2. The minimum absolute atomic E-state index is 0.0958. The third kappa shape index (κ3) is 9.61. The molecule has 0 aromatic heterocycles. The van der Waals surface area contributed by atoms with Crippen molar-refractivity contribution >= 4 is 17.9 Å². The molecule has 8 nitrogen and oxygen atoms in total. The fourth-order valence-electron chi connectivity index (χ4n) is 4.12. The summed E-state index contributed by atoms with van der Waals surface area (Å²) in [6, 6.07) is 13.7. The number of phenols is 1. The van der Waals surface area contributed by atoms with E-state index in [4.69, 9.17) is 4.74 Å². The van der Waals surface area contributed by atoms with Gasteiger partial charge < -0.3 is 25.4 Å². The number of phenolic OH excluding ortho intramolecular Hbond substituents is 1. The van der Waals surface area contributed by atoms with Crippen LogP contribution < -0.4 is 10.6 Å². The molecule has 2 unspecified atom stereocenters. The van der Waals surface area contributed by atoms with E-state index in [1.807, 2.05) is 71.9 Å². The maximum absolute atomic E-state index is 14.5. The predicted octanol–water partition coefficient (Wildman–Crippen LogP) is 5.50. The van der Waals surface area contributed by atoms with E-state index in [1.54, 1.807) is 37.8 Å².